The van der Waals surface area contributed by atoms with E-state index in [1.54, 1.807) is 12.2 Å². The summed E-state index contributed by atoms with van der Waals surface area (Å²) in [5.74, 6) is -0.142. The molecule has 1 amide bonds. The Hall–Kier alpha value is -1.34. The summed E-state index contributed by atoms with van der Waals surface area (Å²) in [4.78, 5) is 40.4. The maximum atomic E-state index is 11.7. The maximum Gasteiger partial charge on any atom is 0.314 e. The van der Waals surface area contributed by atoms with Gasteiger partial charge < -0.3 is 24.6 Å². The number of amides is 1. The molecular formula is C18H33N2O7P. The summed E-state index contributed by atoms with van der Waals surface area (Å²) in [6.45, 7) is 11.5. The van der Waals surface area contributed by atoms with E-state index in [-0.39, 0.29) is 24.2 Å². The number of nitrogens with one attached hydrogen (secondary N) is 1. The Morgan fingerprint density at radius 3 is 2.32 bits per heavy atom. The standard InChI is InChI=1S/C18H30N2O4.H3O3P/c1-7-14(8-2)23-15-9-13(19-11-21)10-16(24-18(4,5)6)17(15)20-12(3)22;1-4(2)3/h9,14-17H,7-8,10H2,1-6H3,(H,20,22);4H,(H2,1,2,3)/t15-,16+,17+;/m1./s1. The van der Waals surface area contributed by atoms with Crippen LogP contribution in [-0.4, -0.2) is 51.7 Å². The molecule has 28 heavy (non-hydrogen) atoms. The third kappa shape index (κ3) is 11.5. The molecule has 162 valence electrons. The first-order valence-electron chi connectivity index (χ1n) is 9.24. The molecule has 9 nitrogen and oxygen atoms in total. The molecule has 0 aliphatic heterocycles. The van der Waals surface area contributed by atoms with E-state index < -0.39 is 20.0 Å². The van der Waals surface area contributed by atoms with Crippen LogP contribution < -0.4 is 5.32 Å². The van der Waals surface area contributed by atoms with Gasteiger partial charge in [0.2, 0.25) is 12.0 Å². The van der Waals surface area contributed by atoms with E-state index in [4.69, 9.17) is 23.8 Å². The van der Waals surface area contributed by atoms with Crippen molar-refractivity contribution >= 4 is 20.2 Å². The van der Waals surface area contributed by atoms with E-state index in [9.17, 15) is 9.59 Å². The Balaban J connectivity index is 0.00000165. The van der Waals surface area contributed by atoms with Crippen molar-refractivity contribution in [1.82, 2.24) is 5.32 Å². The van der Waals surface area contributed by atoms with Gasteiger partial charge in [-0.25, -0.2) is 4.79 Å². The van der Waals surface area contributed by atoms with Crippen molar-refractivity contribution in [3.63, 3.8) is 0 Å². The van der Waals surface area contributed by atoms with Crippen LogP contribution in [0.1, 0.15) is 60.8 Å². The number of hydrogen-bond donors (Lipinski definition) is 3. The maximum absolute atomic E-state index is 11.7. The minimum atomic E-state index is -3.13. The molecule has 0 heterocycles. The highest BCUT2D eigenvalue weighted by molar-refractivity contribution is 7.30. The Morgan fingerprint density at radius 2 is 1.93 bits per heavy atom. The summed E-state index contributed by atoms with van der Waals surface area (Å²) >= 11 is 0. The number of ether oxygens (including phenoxy) is 2. The predicted molar refractivity (Wildman–Crippen MR) is 106 cm³/mol. The van der Waals surface area contributed by atoms with Gasteiger partial charge in [0.25, 0.3) is 0 Å². The summed E-state index contributed by atoms with van der Waals surface area (Å²) in [7, 11) is -3.13. The largest absolute Gasteiger partial charge is 0.370 e. The van der Waals surface area contributed by atoms with Crippen LogP contribution in [0.5, 0.6) is 0 Å². The highest BCUT2D eigenvalue weighted by Crippen LogP contribution is 2.29. The third-order valence-corrected chi connectivity index (χ3v) is 3.85. The van der Waals surface area contributed by atoms with Crippen LogP contribution >= 0.6 is 8.25 Å². The molecule has 3 N–H and O–H groups in total. The van der Waals surface area contributed by atoms with E-state index in [0.29, 0.717) is 12.1 Å². The summed E-state index contributed by atoms with van der Waals surface area (Å²) in [6, 6.07) is -0.326. The number of rotatable bonds is 7. The second-order valence-corrected chi connectivity index (χ2v) is 7.95. The zero-order valence-electron chi connectivity index (χ0n) is 17.4. The lowest BCUT2D eigenvalue weighted by Crippen LogP contribution is -2.55. The summed E-state index contributed by atoms with van der Waals surface area (Å²) < 4.78 is 21.0. The van der Waals surface area contributed by atoms with Crippen LogP contribution in [0.25, 0.3) is 0 Å². The lowest BCUT2D eigenvalue weighted by molar-refractivity contribution is -0.132. The summed E-state index contributed by atoms with van der Waals surface area (Å²) in [6.07, 6.45) is 4.89. The average molecular weight is 420 g/mol. The summed E-state index contributed by atoms with van der Waals surface area (Å²) in [5.41, 5.74) is 0.186. The molecule has 1 aliphatic carbocycles. The van der Waals surface area contributed by atoms with E-state index in [2.05, 4.69) is 24.2 Å². The lowest BCUT2D eigenvalue weighted by Gasteiger charge is -2.40. The minimum absolute atomic E-state index is 0.0670. The molecule has 0 aromatic rings. The Bertz CT molecular complexity index is 589. The van der Waals surface area contributed by atoms with Crippen LogP contribution in [0.3, 0.4) is 0 Å². The van der Waals surface area contributed by atoms with Gasteiger partial charge in [0.05, 0.1) is 29.5 Å². The minimum Gasteiger partial charge on any atom is -0.370 e. The van der Waals surface area contributed by atoms with Gasteiger partial charge in [-0.3, -0.25) is 9.36 Å². The van der Waals surface area contributed by atoms with Crippen LogP contribution in [0.2, 0.25) is 0 Å². The number of carbonyl (C=O) groups excluding carboxylic acids is 2. The molecule has 0 spiro atoms. The first kappa shape index (κ1) is 26.7. The van der Waals surface area contributed by atoms with E-state index in [1.165, 1.54) is 6.92 Å². The van der Waals surface area contributed by atoms with Crippen molar-refractivity contribution in [2.45, 2.75) is 90.8 Å². The van der Waals surface area contributed by atoms with Gasteiger partial charge in [0.1, 0.15) is 6.10 Å². The lowest BCUT2D eigenvalue weighted by atomic mass is 9.92. The predicted octanol–water partition coefficient (Wildman–Crippen LogP) is 2.23. The molecule has 3 atom stereocenters. The fourth-order valence-corrected chi connectivity index (χ4v) is 2.85. The topological polar surface area (TPSA) is 135 Å². The van der Waals surface area contributed by atoms with Crippen LogP contribution in [-0.2, 0) is 23.6 Å². The van der Waals surface area contributed by atoms with Crippen LogP contribution in [0, 0.1) is 0 Å². The number of aliphatic imine (C=N–C) groups is 1. The molecule has 1 aliphatic rings. The molecular weight excluding hydrogens is 387 g/mol. The molecule has 0 unspecified atom stereocenters. The second-order valence-electron chi connectivity index (χ2n) is 7.38. The molecule has 10 heteroatoms. The Kier molecular flexibility index (Phi) is 12.4. The fourth-order valence-electron chi connectivity index (χ4n) is 2.85. The van der Waals surface area contributed by atoms with Crippen LogP contribution in [0.4, 0.5) is 0 Å². The molecule has 0 bridgehead atoms. The third-order valence-electron chi connectivity index (χ3n) is 3.85. The first-order valence-corrected chi connectivity index (χ1v) is 10.5. The van der Waals surface area contributed by atoms with Gasteiger partial charge in [0, 0.05) is 13.3 Å². The number of nitrogens with zero attached hydrogens (tertiary/aromatic N) is 1. The SMILES string of the molecule is CCC(CC)O[C@@H]1C=C(N=C=O)C[C@H](OC(C)(C)C)[C@H]1NC(C)=O.O=[PH](O)O. The Morgan fingerprint density at radius 1 is 1.39 bits per heavy atom. The van der Waals surface area contributed by atoms with E-state index >= 15 is 0 Å². The van der Waals surface area contributed by atoms with Crippen molar-refractivity contribution in [2.24, 2.45) is 4.99 Å². The fraction of sp³-hybridized carbons (Fsp3) is 0.778. The molecule has 0 fully saturated rings. The zero-order chi connectivity index (χ0) is 21.9. The van der Waals surface area contributed by atoms with Crippen molar-refractivity contribution in [3.05, 3.63) is 11.8 Å². The van der Waals surface area contributed by atoms with Gasteiger partial charge in [-0.1, -0.05) is 13.8 Å². The highest BCUT2D eigenvalue weighted by Gasteiger charge is 2.38. The molecule has 0 aromatic heterocycles. The van der Waals surface area contributed by atoms with Crippen molar-refractivity contribution in [2.75, 3.05) is 0 Å². The number of carbonyl (C=O) groups is 1. The summed E-state index contributed by atoms with van der Waals surface area (Å²) in [5, 5.41) is 2.95. The smallest absolute Gasteiger partial charge is 0.314 e. The molecule has 0 saturated carbocycles. The molecule has 0 radical (unpaired) electrons. The molecule has 0 aromatic carbocycles. The highest BCUT2D eigenvalue weighted by atomic mass is 31.1. The zero-order valence-corrected chi connectivity index (χ0v) is 18.4. The second kappa shape index (κ2) is 13.0. The van der Waals surface area contributed by atoms with Gasteiger partial charge >= 0.3 is 8.25 Å². The quantitative estimate of drug-likeness (QED) is 0.327. The first-order chi connectivity index (χ1) is 12.9. The molecule has 0 saturated heterocycles. The van der Waals surface area contributed by atoms with Crippen LogP contribution in [0.15, 0.2) is 16.8 Å². The molecule has 1 rings (SSSR count). The van der Waals surface area contributed by atoms with E-state index in [1.807, 2.05) is 20.8 Å². The normalized spacial score (nSPS) is 22.1. The number of hydrogen-bond acceptors (Lipinski definition) is 6. The van der Waals surface area contributed by atoms with Gasteiger partial charge in [-0.15, -0.1) is 0 Å². The van der Waals surface area contributed by atoms with Crippen molar-refractivity contribution < 1.29 is 33.4 Å². The Labute approximate surface area is 167 Å². The van der Waals surface area contributed by atoms with Gasteiger partial charge in [0.15, 0.2) is 0 Å². The van der Waals surface area contributed by atoms with Gasteiger partial charge in [-0.2, -0.15) is 4.99 Å². The number of isocyanates is 1. The van der Waals surface area contributed by atoms with Crippen molar-refractivity contribution in [1.29, 1.82) is 0 Å². The van der Waals surface area contributed by atoms with Gasteiger partial charge in [-0.05, 0) is 39.7 Å². The monoisotopic (exact) mass is 420 g/mol. The van der Waals surface area contributed by atoms with E-state index in [0.717, 1.165) is 12.8 Å². The average Bonchev–Trinajstić information content (AvgIpc) is 2.53. The van der Waals surface area contributed by atoms with Crippen molar-refractivity contribution in [3.8, 4) is 0 Å².